The zero-order valence-corrected chi connectivity index (χ0v) is 8.15. The van der Waals surface area contributed by atoms with Crippen LogP contribution in [0.15, 0.2) is 0 Å². The largest absolute Gasteiger partial charge is 0.0651 e. The van der Waals surface area contributed by atoms with E-state index in [0.29, 0.717) is 0 Å². The summed E-state index contributed by atoms with van der Waals surface area (Å²) in [6.45, 7) is 11.6. The molecule has 0 spiro atoms. The number of hydrogen-bond acceptors (Lipinski definition) is 0. The first-order valence-electron chi connectivity index (χ1n) is 4.57. The fraction of sp³-hybridized carbons (Fsp3) is 1.00. The fourth-order valence-corrected chi connectivity index (χ4v) is 1.52. The van der Waals surface area contributed by atoms with E-state index in [1.165, 1.54) is 12.8 Å². The molecule has 0 bridgehead atoms. The van der Waals surface area contributed by atoms with Gasteiger partial charge in [0, 0.05) is 0 Å². The van der Waals surface area contributed by atoms with Crippen LogP contribution in [0.3, 0.4) is 0 Å². The van der Waals surface area contributed by atoms with E-state index in [-0.39, 0.29) is 0 Å². The molecule has 0 rings (SSSR count). The minimum Gasteiger partial charge on any atom is -0.0651 e. The highest BCUT2D eigenvalue weighted by Gasteiger charge is 2.11. The van der Waals surface area contributed by atoms with Crippen molar-refractivity contribution in [1.29, 1.82) is 0 Å². The van der Waals surface area contributed by atoms with Gasteiger partial charge in [-0.15, -0.1) is 0 Å². The van der Waals surface area contributed by atoms with Gasteiger partial charge in [-0.05, 0) is 24.2 Å². The second kappa shape index (κ2) is 4.76. The maximum absolute atomic E-state index is 2.33. The van der Waals surface area contributed by atoms with Crippen molar-refractivity contribution in [2.75, 3.05) is 0 Å². The quantitative estimate of drug-likeness (QED) is 0.561. The second-order valence-corrected chi connectivity index (χ2v) is 4.04. The summed E-state index contributed by atoms with van der Waals surface area (Å²) in [7, 11) is 0. The zero-order valence-electron chi connectivity index (χ0n) is 8.15. The standard InChI is InChI=1S/C10H22/c1-6-10(9(4)5)7-8(2)3/h8-10H,6-7H2,1-5H3/t10-/m0/s1. The molecule has 0 aliphatic rings. The third kappa shape index (κ3) is 3.92. The van der Waals surface area contributed by atoms with E-state index in [9.17, 15) is 0 Å². The van der Waals surface area contributed by atoms with Crippen LogP contribution in [0.2, 0.25) is 0 Å². The molecule has 0 heterocycles. The van der Waals surface area contributed by atoms with Crippen LogP contribution in [0.4, 0.5) is 0 Å². The molecule has 0 fully saturated rings. The summed E-state index contributed by atoms with van der Waals surface area (Å²) in [4.78, 5) is 0. The summed E-state index contributed by atoms with van der Waals surface area (Å²) < 4.78 is 0. The van der Waals surface area contributed by atoms with Crippen molar-refractivity contribution in [2.24, 2.45) is 17.8 Å². The molecule has 10 heavy (non-hydrogen) atoms. The predicted octanol–water partition coefficient (Wildman–Crippen LogP) is 3.71. The average molecular weight is 142 g/mol. The van der Waals surface area contributed by atoms with Gasteiger partial charge in [0.2, 0.25) is 0 Å². The van der Waals surface area contributed by atoms with E-state index in [0.717, 1.165) is 17.8 Å². The van der Waals surface area contributed by atoms with Crippen molar-refractivity contribution in [1.82, 2.24) is 0 Å². The molecule has 0 radical (unpaired) electrons. The third-order valence-electron chi connectivity index (χ3n) is 2.24. The van der Waals surface area contributed by atoms with Gasteiger partial charge in [0.1, 0.15) is 0 Å². The van der Waals surface area contributed by atoms with Gasteiger partial charge in [-0.3, -0.25) is 0 Å². The topological polar surface area (TPSA) is 0 Å². The van der Waals surface area contributed by atoms with E-state index in [2.05, 4.69) is 34.6 Å². The first kappa shape index (κ1) is 10.0. The Hall–Kier alpha value is 0. The third-order valence-corrected chi connectivity index (χ3v) is 2.24. The van der Waals surface area contributed by atoms with Crippen LogP contribution < -0.4 is 0 Å². The summed E-state index contributed by atoms with van der Waals surface area (Å²) in [5, 5.41) is 0. The normalized spacial score (nSPS) is 14.7. The van der Waals surface area contributed by atoms with E-state index in [1.54, 1.807) is 0 Å². The minimum atomic E-state index is 0.868. The maximum Gasteiger partial charge on any atom is -0.0391 e. The Bertz CT molecular complexity index is 72.1. The second-order valence-electron chi connectivity index (χ2n) is 4.04. The van der Waals surface area contributed by atoms with Crippen LogP contribution >= 0.6 is 0 Å². The molecule has 0 nitrogen and oxygen atoms in total. The van der Waals surface area contributed by atoms with Crippen molar-refractivity contribution in [3.63, 3.8) is 0 Å². The summed E-state index contributed by atoms with van der Waals surface area (Å²) in [6, 6.07) is 0. The summed E-state index contributed by atoms with van der Waals surface area (Å²) >= 11 is 0. The molecule has 0 saturated heterocycles. The molecule has 0 aromatic rings. The van der Waals surface area contributed by atoms with Crippen LogP contribution in [-0.2, 0) is 0 Å². The van der Waals surface area contributed by atoms with E-state index in [4.69, 9.17) is 0 Å². The minimum absolute atomic E-state index is 0.868. The molecule has 0 aromatic carbocycles. The maximum atomic E-state index is 2.33. The Morgan fingerprint density at radius 1 is 1.00 bits per heavy atom. The van der Waals surface area contributed by atoms with Gasteiger partial charge in [0.05, 0.1) is 0 Å². The molecule has 0 aromatic heterocycles. The molecule has 0 N–H and O–H groups in total. The molecule has 0 aliphatic carbocycles. The summed E-state index contributed by atoms with van der Waals surface area (Å²) in [5.41, 5.74) is 0. The van der Waals surface area contributed by atoms with Crippen LogP contribution in [0.5, 0.6) is 0 Å². The first-order valence-corrected chi connectivity index (χ1v) is 4.57. The fourth-order valence-electron chi connectivity index (χ4n) is 1.52. The Balaban J connectivity index is 3.60. The summed E-state index contributed by atoms with van der Waals surface area (Å²) in [5.74, 6) is 2.68. The lowest BCUT2D eigenvalue weighted by molar-refractivity contribution is 0.308. The van der Waals surface area contributed by atoms with Crippen molar-refractivity contribution in [2.45, 2.75) is 47.5 Å². The highest BCUT2D eigenvalue weighted by atomic mass is 14.2. The lowest BCUT2D eigenvalue weighted by atomic mass is 9.86. The summed E-state index contributed by atoms with van der Waals surface area (Å²) in [6.07, 6.45) is 2.74. The molecule has 0 amide bonds. The van der Waals surface area contributed by atoms with Crippen LogP contribution in [-0.4, -0.2) is 0 Å². The highest BCUT2D eigenvalue weighted by molar-refractivity contribution is 4.62. The van der Waals surface area contributed by atoms with Crippen molar-refractivity contribution in [3.05, 3.63) is 0 Å². The van der Waals surface area contributed by atoms with Gasteiger partial charge >= 0.3 is 0 Å². The van der Waals surface area contributed by atoms with Gasteiger partial charge in [-0.2, -0.15) is 0 Å². The number of rotatable bonds is 4. The molecule has 0 unspecified atom stereocenters. The molecule has 0 saturated carbocycles. The molecular weight excluding hydrogens is 120 g/mol. The molecule has 62 valence electrons. The van der Waals surface area contributed by atoms with E-state index in [1.807, 2.05) is 0 Å². The molecular formula is C10H22. The Morgan fingerprint density at radius 2 is 1.50 bits per heavy atom. The van der Waals surface area contributed by atoms with Crippen LogP contribution in [0.1, 0.15) is 47.5 Å². The first-order chi connectivity index (χ1) is 4.57. The van der Waals surface area contributed by atoms with Crippen LogP contribution in [0.25, 0.3) is 0 Å². The molecule has 0 heteroatoms. The average Bonchev–Trinajstić information content (AvgIpc) is 1.81. The van der Waals surface area contributed by atoms with Crippen molar-refractivity contribution < 1.29 is 0 Å². The van der Waals surface area contributed by atoms with Crippen LogP contribution in [0, 0.1) is 17.8 Å². The van der Waals surface area contributed by atoms with E-state index < -0.39 is 0 Å². The highest BCUT2D eigenvalue weighted by Crippen LogP contribution is 2.22. The monoisotopic (exact) mass is 142 g/mol. The smallest absolute Gasteiger partial charge is 0.0391 e. The molecule has 1 atom stereocenters. The van der Waals surface area contributed by atoms with Gasteiger partial charge in [0.15, 0.2) is 0 Å². The van der Waals surface area contributed by atoms with Gasteiger partial charge in [-0.25, -0.2) is 0 Å². The Labute approximate surface area is 66.0 Å². The van der Waals surface area contributed by atoms with Crippen molar-refractivity contribution >= 4 is 0 Å². The lowest BCUT2D eigenvalue weighted by Gasteiger charge is -2.20. The number of hydrogen-bond donors (Lipinski definition) is 0. The zero-order chi connectivity index (χ0) is 8.15. The Morgan fingerprint density at radius 3 is 1.60 bits per heavy atom. The van der Waals surface area contributed by atoms with Gasteiger partial charge in [0.25, 0.3) is 0 Å². The molecule has 0 aliphatic heterocycles. The van der Waals surface area contributed by atoms with E-state index >= 15 is 0 Å². The van der Waals surface area contributed by atoms with Gasteiger partial charge < -0.3 is 0 Å². The predicted molar refractivity (Wildman–Crippen MR) is 48.1 cm³/mol. The Kier molecular flexibility index (Phi) is 4.76. The SMILES string of the molecule is CC[C@@H](CC(C)C)C(C)C. The van der Waals surface area contributed by atoms with Gasteiger partial charge in [-0.1, -0.05) is 41.0 Å². The lowest BCUT2D eigenvalue weighted by Crippen LogP contribution is -2.10. The van der Waals surface area contributed by atoms with Crippen molar-refractivity contribution in [3.8, 4) is 0 Å².